The first kappa shape index (κ1) is 15.0. The summed E-state index contributed by atoms with van der Waals surface area (Å²) in [7, 11) is 0. The van der Waals surface area contributed by atoms with E-state index in [0.29, 0.717) is 5.75 Å². The highest BCUT2D eigenvalue weighted by Crippen LogP contribution is 2.16. The summed E-state index contributed by atoms with van der Waals surface area (Å²) in [4.78, 5) is 11.7. The predicted octanol–water partition coefficient (Wildman–Crippen LogP) is 3.68. The smallest absolute Gasteiger partial charge is 0.227 e. The third-order valence-corrected chi connectivity index (χ3v) is 2.81. The molecule has 0 saturated carbocycles. The molecular formula is C16H15F2NO2. The number of aryl methyl sites for hydroxylation is 1. The van der Waals surface area contributed by atoms with Gasteiger partial charge < -0.3 is 10.1 Å². The quantitative estimate of drug-likeness (QED) is 0.912. The van der Waals surface area contributed by atoms with Gasteiger partial charge >= 0.3 is 0 Å². The van der Waals surface area contributed by atoms with Gasteiger partial charge in [-0.1, -0.05) is 6.07 Å². The highest BCUT2D eigenvalue weighted by Gasteiger charge is 2.07. The van der Waals surface area contributed by atoms with Crippen LogP contribution >= 0.6 is 0 Å². The van der Waals surface area contributed by atoms with E-state index in [4.69, 9.17) is 4.74 Å². The Morgan fingerprint density at radius 1 is 1.14 bits per heavy atom. The molecule has 2 aromatic carbocycles. The molecule has 0 aromatic heterocycles. The summed E-state index contributed by atoms with van der Waals surface area (Å²) < 4.78 is 31.5. The first-order valence-corrected chi connectivity index (χ1v) is 6.49. The van der Waals surface area contributed by atoms with Gasteiger partial charge in [-0.05, 0) is 48.9 Å². The van der Waals surface area contributed by atoms with Gasteiger partial charge in [0, 0.05) is 0 Å². The van der Waals surface area contributed by atoms with Gasteiger partial charge in [0.1, 0.15) is 17.4 Å². The van der Waals surface area contributed by atoms with Gasteiger partial charge in [-0.25, -0.2) is 8.78 Å². The Hall–Kier alpha value is -2.43. The molecule has 2 rings (SSSR count). The standard InChI is InChI=1S/C16H15F2NO2/c1-11-2-7-15(14(18)10-11)19-16(20)8-9-21-13-5-3-12(17)4-6-13/h2-7,10H,8-9H2,1H3,(H,19,20). The summed E-state index contributed by atoms with van der Waals surface area (Å²) in [5, 5.41) is 2.48. The number of carbonyl (C=O) groups is 1. The average Bonchev–Trinajstić information content (AvgIpc) is 2.44. The minimum atomic E-state index is -0.470. The summed E-state index contributed by atoms with van der Waals surface area (Å²) in [6, 6.07) is 10.1. The Morgan fingerprint density at radius 3 is 2.52 bits per heavy atom. The van der Waals surface area contributed by atoms with E-state index < -0.39 is 5.82 Å². The normalized spacial score (nSPS) is 10.2. The minimum Gasteiger partial charge on any atom is -0.493 e. The van der Waals surface area contributed by atoms with Crippen LogP contribution in [-0.4, -0.2) is 12.5 Å². The molecule has 0 aliphatic rings. The summed E-state index contributed by atoms with van der Waals surface area (Å²) >= 11 is 0. The zero-order valence-electron chi connectivity index (χ0n) is 11.5. The Kier molecular flexibility index (Phi) is 4.87. The summed E-state index contributed by atoms with van der Waals surface area (Å²) in [6.07, 6.45) is 0.0741. The maximum Gasteiger partial charge on any atom is 0.227 e. The fourth-order valence-corrected chi connectivity index (χ4v) is 1.73. The van der Waals surface area contributed by atoms with E-state index in [-0.39, 0.29) is 30.4 Å². The van der Waals surface area contributed by atoms with E-state index in [1.807, 2.05) is 0 Å². The number of anilines is 1. The van der Waals surface area contributed by atoms with Gasteiger partial charge in [-0.3, -0.25) is 4.79 Å². The Bertz CT molecular complexity index is 627. The van der Waals surface area contributed by atoms with Gasteiger partial charge in [0.05, 0.1) is 18.7 Å². The van der Waals surface area contributed by atoms with E-state index in [9.17, 15) is 13.6 Å². The van der Waals surface area contributed by atoms with Crippen LogP contribution in [0, 0.1) is 18.6 Å². The fraction of sp³-hybridized carbons (Fsp3) is 0.188. The molecule has 0 bridgehead atoms. The molecule has 1 N–H and O–H groups in total. The lowest BCUT2D eigenvalue weighted by Crippen LogP contribution is -2.16. The monoisotopic (exact) mass is 291 g/mol. The minimum absolute atomic E-state index is 0.0741. The topological polar surface area (TPSA) is 38.3 Å². The maximum absolute atomic E-state index is 13.6. The molecule has 21 heavy (non-hydrogen) atoms. The Labute approximate surface area is 121 Å². The number of carbonyl (C=O) groups excluding carboxylic acids is 1. The molecule has 0 fully saturated rings. The molecule has 2 aromatic rings. The number of rotatable bonds is 5. The van der Waals surface area contributed by atoms with Crippen LogP contribution in [0.25, 0.3) is 0 Å². The number of hydrogen-bond donors (Lipinski definition) is 1. The molecule has 0 radical (unpaired) electrons. The predicted molar refractivity (Wildman–Crippen MR) is 76.3 cm³/mol. The van der Waals surface area contributed by atoms with E-state index in [0.717, 1.165) is 5.56 Å². The lowest BCUT2D eigenvalue weighted by atomic mass is 10.2. The molecule has 0 aliphatic carbocycles. The molecule has 3 nitrogen and oxygen atoms in total. The lowest BCUT2D eigenvalue weighted by Gasteiger charge is -2.08. The number of amides is 1. The highest BCUT2D eigenvalue weighted by atomic mass is 19.1. The molecule has 0 saturated heterocycles. The lowest BCUT2D eigenvalue weighted by molar-refractivity contribution is -0.116. The van der Waals surface area contributed by atoms with E-state index in [1.165, 1.54) is 36.4 Å². The third-order valence-electron chi connectivity index (χ3n) is 2.81. The number of nitrogens with one attached hydrogen (secondary N) is 1. The number of benzene rings is 2. The highest BCUT2D eigenvalue weighted by molar-refractivity contribution is 5.90. The van der Waals surface area contributed by atoms with E-state index in [1.54, 1.807) is 13.0 Å². The van der Waals surface area contributed by atoms with Crippen LogP contribution in [0.4, 0.5) is 14.5 Å². The zero-order chi connectivity index (χ0) is 15.2. The molecule has 0 unspecified atom stereocenters. The van der Waals surface area contributed by atoms with Crippen molar-refractivity contribution in [1.82, 2.24) is 0 Å². The summed E-state index contributed by atoms with van der Waals surface area (Å²) in [5.41, 5.74) is 0.928. The molecule has 1 amide bonds. The second-order valence-electron chi connectivity index (χ2n) is 4.58. The number of hydrogen-bond acceptors (Lipinski definition) is 2. The number of ether oxygens (including phenoxy) is 1. The first-order valence-electron chi connectivity index (χ1n) is 6.49. The second kappa shape index (κ2) is 6.83. The van der Waals surface area contributed by atoms with Gasteiger partial charge in [0.2, 0.25) is 5.91 Å². The van der Waals surface area contributed by atoms with Crippen molar-refractivity contribution in [1.29, 1.82) is 0 Å². The van der Waals surface area contributed by atoms with Crippen LogP contribution in [0.5, 0.6) is 5.75 Å². The molecule has 0 aliphatic heterocycles. The third kappa shape index (κ3) is 4.56. The van der Waals surface area contributed by atoms with Crippen LogP contribution in [0.3, 0.4) is 0 Å². The SMILES string of the molecule is Cc1ccc(NC(=O)CCOc2ccc(F)cc2)c(F)c1. The number of halogens is 2. The van der Waals surface area contributed by atoms with Gasteiger partial charge in [0.25, 0.3) is 0 Å². The van der Waals surface area contributed by atoms with Crippen LogP contribution in [0.1, 0.15) is 12.0 Å². The van der Waals surface area contributed by atoms with Crippen LogP contribution in [-0.2, 0) is 4.79 Å². The Balaban J connectivity index is 1.81. The van der Waals surface area contributed by atoms with Crippen LogP contribution < -0.4 is 10.1 Å². The van der Waals surface area contributed by atoms with Crippen molar-refractivity contribution >= 4 is 11.6 Å². The molecular weight excluding hydrogens is 276 g/mol. The Morgan fingerprint density at radius 2 is 1.86 bits per heavy atom. The van der Waals surface area contributed by atoms with Crippen molar-refractivity contribution in [3.63, 3.8) is 0 Å². The molecule has 0 atom stereocenters. The molecule has 0 spiro atoms. The van der Waals surface area contributed by atoms with Crippen molar-refractivity contribution < 1.29 is 18.3 Å². The molecule has 5 heteroatoms. The van der Waals surface area contributed by atoms with Crippen molar-refractivity contribution in [2.45, 2.75) is 13.3 Å². The van der Waals surface area contributed by atoms with Crippen LogP contribution in [0.2, 0.25) is 0 Å². The van der Waals surface area contributed by atoms with Crippen LogP contribution in [0.15, 0.2) is 42.5 Å². The van der Waals surface area contributed by atoms with E-state index in [2.05, 4.69) is 5.32 Å². The largest absolute Gasteiger partial charge is 0.493 e. The summed E-state index contributed by atoms with van der Waals surface area (Å²) in [5.74, 6) is -0.691. The maximum atomic E-state index is 13.6. The average molecular weight is 291 g/mol. The fourth-order valence-electron chi connectivity index (χ4n) is 1.73. The summed E-state index contributed by atoms with van der Waals surface area (Å²) in [6.45, 7) is 1.90. The van der Waals surface area contributed by atoms with E-state index >= 15 is 0 Å². The van der Waals surface area contributed by atoms with Crippen molar-refractivity contribution in [3.8, 4) is 5.75 Å². The zero-order valence-corrected chi connectivity index (χ0v) is 11.5. The second-order valence-corrected chi connectivity index (χ2v) is 4.58. The molecule has 0 heterocycles. The van der Waals surface area contributed by atoms with Crippen molar-refractivity contribution in [3.05, 3.63) is 59.7 Å². The van der Waals surface area contributed by atoms with Gasteiger partial charge in [-0.2, -0.15) is 0 Å². The first-order chi connectivity index (χ1) is 10.0. The van der Waals surface area contributed by atoms with Crippen molar-refractivity contribution in [2.75, 3.05) is 11.9 Å². The van der Waals surface area contributed by atoms with Crippen molar-refractivity contribution in [2.24, 2.45) is 0 Å². The van der Waals surface area contributed by atoms with Gasteiger partial charge in [0.15, 0.2) is 0 Å². The van der Waals surface area contributed by atoms with Gasteiger partial charge in [-0.15, -0.1) is 0 Å². The molecule has 110 valence electrons.